The van der Waals surface area contributed by atoms with E-state index in [2.05, 4.69) is 31.1 Å². The average molecular weight is 345 g/mol. The van der Waals surface area contributed by atoms with Gasteiger partial charge in [0.05, 0.1) is 9.50 Å². The van der Waals surface area contributed by atoms with Gasteiger partial charge in [-0.2, -0.15) is 0 Å². The van der Waals surface area contributed by atoms with Crippen molar-refractivity contribution in [2.75, 3.05) is 24.5 Å². The van der Waals surface area contributed by atoms with Crippen LogP contribution in [0.2, 0.25) is 5.02 Å². The molecule has 1 N–H and O–H groups in total. The summed E-state index contributed by atoms with van der Waals surface area (Å²) >= 11 is 9.55. The maximum absolute atomic E-state index is 5.97. The number of anilines is 1. The van der Waals surface area contributed by atoms with Crippen molar-refractivity contribution >= 4 is 33.3 Å². The van der Waals surface area contributed by atoms with Gasteiger partial charge in [-0.25, -0.2) is 4.98 Å². The molecule has 3 heterocycles. The molecule has 3 rings (SSSR count). The van der Waals surface area contributed by atoms with E-state index in [1.807, 2.05) is 6.07 Å². The number of piperidine rings is 1. The van der Waals surface area contributed by atoms with Crippen LogP contribution in [0.4, 0.5) is 5.82 Å². The first kappa shape index (κ1) is 13.7. The lowest BCUT2D eigenvalue weighted by atomic mass is 9.90. The Labute approximate surface area is 127 Å². The minimum atomic E-state index is 0.682. The monoisotopic (exact) mass is 343 g/mol. The SMILES string of the molecule is Clc1cnc(N2CCCC(C3CCCN3)C2)c(Br)c1. The molecule has 1 aromatic heterocycles. The molecule has 1 aromatic rings. The third kappa shape index (κ3) is 3.06. The molecular formula is C14H19BrClN3. The van der Waals surface area contributed by atoms with Gasteiger partial charge in [0.1, 0.15) is 5.82 Å². The van der Waals surface area contributed by atoms with E-state index < -0.39 is 0 Å². The molecular weight excluding hydrogens is 326 g/mol. The van der Waals surface area contributed by atoms with E-state index in [0.29, 0.717) is 11.1 Å². The summed E-state index contributed by atoms with van der Waals surface area (Å²) in [6.07, 6.45) is 6.97. The van der Waals surface area contributed by atoms with E-state index in [1.54, 1.807) is 6.20 Å². The number of hydrogen-bond acceptors (Lipinski definition) is 3. The van der Waals surface area contributed by atoms with Crippen LogP contribution >= 0.6 is 27.5 Å². The first-order valence-corrected chi connectivity index (χ1v) is 8.20. The molecule has 2 aliphatic rings. The van der Waals surface area contributed by atoms with Crippen LogP contribution in [0, 0.1) is 5.92 Å². The highest BCUT2D eigenvalue weighted by atomic mass is 79.9. The Morgan fingerprint density at radius 1 is 1.37 bits per heavy atom. The van der Waals surface area contributed by atoms with Gasteiger partial charge in [0.15, 0.2) is 0 Å². The van der Waals surface area contributed by atoms with Crippen molar-refractivity contribution in [1.29, 1.82) is 0 Å². The van der Waals surface area contributed by atoms with Crippen LogP contribution in [0.15, 0.2) is 16.7 Å². The molecule has 2 aliphatic heterocycles. The minimum Gasteiger partial charge on any atom is -0.355 e. The van der Waals surface area contributed by atoms with Crippen molar-refractivity contribution < 1.29 is 0 Å². The first-order valence-electron chi connectivity index (χ1n) is 7.03. The number of hydrogen-bond donors (Lipinski definition) is 1. The molecule has 104 valence electrons. The van der Waals surface area contributed by atoms with Crippen molar-refractivity contribution in [1.82, 2.24) is 10.3 Å². The number of pyridine rings is 1. The number of nitrogens with zero attached hydrogens (tertiary/aromatic N) is 2. The molecule has 2 fully saturated rings. The smallest absolute Gasteiger partial charge is 0.142 e. The number of halogens is 2. The molecule has 0 bridgehead atoms. The molecule has 0 aliphatic carbocycles. The minimum absolute atomic E-state index is 0.682. The molecule has 0 spiro atoms. The largest absolute Gasteiger partial charge is 0.355 e. The van der Waals surface area contributed by atoms with Crippen LogP contribution < -0.4 is 10.2 Å². The highest BCUT2D eigenvalue weighted by molar-refractivity contribution is 9.10. The Kier molecular flexibility index (Phi) is 4.30. The van der Waals surface area contributed by atoms with Gasteiger partial charge in [0, 0.05) is 25.3 Å². The molecule has 2 atom stereocenters. The Morgan fingerprint density at radius 3 is 3.00 bits per heavy atom. The first-order chi connectivity index (χ1) is 9.24. The maximum atomic E-state index is 5.97. The van der Waals surface area contributed by atoms with Crippen LogP contribution in [0.3, 0.4) is 0 Å². The summed E-state index contributed by atoms with van der Waals surface area (Å²) in [5.74, 6) is 1.78. The Hall–Kier alpha value is -0.320. The molecule has 0 aromatic carbocycles. The van der Waals surface area contributed by atoms with Crippen molar-refractivity contribution in [3.8, 4) is 0 Å². The second-order valence-electron chi connectivity index (χ2n) is 5.51. The predicted octanol–water partition coefficient (Wildman–Crippen LogP) is 3.47. The molecule has 5 heteroatoms. The summed E-state index contributed by atoms with van der Waals surface area (Å²) in [6, 6.07) is 2.63. The van der Waals surface area contributed by atoms with E-state index in [0.717, 1.165) is 29.3 Å². The Balaban J connectivity index is 1.73. The summed E-state index contributed by atoms with van der Waals surface area (Å²) in [6.45, 7) is 3.38. The average Bonchev–Trinajstić information content (AvgIpc) is 2.93. The second kappa shape index (κ2) is 5.98. The number of nitrogens with one attached hydrogen (secondary N) is 1. The van der Waals surface area contributed by atoms with E-state index in [-0.39, 0.29) is 0 Å². The highest BCUT2D eigenvalue weighted by Gasteiger charge is 2.30. The third-order valence-electron chi connectivity index (χ3n) is 4.21. The van der Waals surface area contributed by atoms with Crippen molar-refractivity contribution in [2.45, 2.75) is 31.7 Å². The van der Waals surface area contributed by atoms with Crippen molar-refractivity contribution in [3.63, 3.8) is 0 Å². The van der Waals surface area contributed by atoms with Crippen LogP contribution in [0.1, 0.15) is 25.7 Å². The normalized spacial score (nSPS) is 27.8. The number of aromatic nitrogens is 1. The van der Waals surface area contributed by atoms with Crippen molar-refractivity contribution in [3.05, 3.63) is 21.8 Å². The van der Waals surface area contributed by atoms with Crippen LogP contribution in [0.25, 0.3) is 0 Å². The predicted molar refractivity (Wildman–Crippen MR) is 82.9 cm³/mol. The summed E-state index contributed by atoms with van der Waals surface area (Å²) in [5, 5.41) is 4.32. The van der Waals surface area contributed by atoms with Gasteiger partial charge in [0.25, 0.3) is 0 Å². The van der Waals surface area contributed by atoms with Gasteiger partial charge in [0.2, 0.25) is 0 Å². The van der Waals surface area contributed by atoms with Gasteiger partial charge >= 0.3 is 0 Å². The lowest BCUT2D eigenvalue weighted by Gasteiger charge is -2.36. The van der Waals surface area contributed by atoms with Crippen LogP contribution in [-0.4, -0.2) is 30.7 Å². The zero-order valence-corrected chi connectivity index (χ0v) is 13.3. The fourth-order valence-electron chi connectivity index (χ4n) is 3.28. The summed E-state index contributed by atoms with van der Waals surface area (Å²) in [7, 11) is 0. The molecule has 19 heavy (non-hydrogen) atoms. The van der Waals surface area contributed by atoms with Crippen molar-refractivity contribution in [2.24, 2.45) is 5.92 Å². The lowest BCUT2D eigenvalue weighted by Crippen LogP contribution is -2.44. The Bertz CT molecular complexity index is 448. The lowest BCUT2D eigenvalue weighted by molar-refractivity contribution is 0.328. The molecule has 0 radical (unpaired) electrons. The van der Waals surface area contributed by atoms with Gasteiger partial charge < -0.3 is 10.2 Å². The van der Waals surface area contributed by atoms with Gasteiger partial charge in [-0.1, -0.05) is 11.6 Å². The van der Waals surface area contributed by atoms with E-state index in [4.69, 9.17) is 11.6 Å². The quantitative estimate of drug-likeness (QED) is 0.890. The van der Waals surface area contributed by atoms with Gasteiger partial charge in [-0.3, -0.25) is 0 Å². The van der Waals surface area contributed by atoms with E-state index in [1.165, 1.54) is 32.2 Å². The summed E-state index contributed by atoms with van der Waals surface area (Å²) < 4.78 is 1.00. The summed E-state index contributed by atoms with van der Waals surface area (Å²) in [4.78, 5) is 6.89. The van der Waals surface area contributed by atoms with E-state index in [9.17, 15) is 0 Å². The second-order valence-corrected chi connectivity index (χ2v) is 6.80. The van der Waals surface area contributed by atoms with Gasteiger partial charge in [-0.05, 0) is 60.1 Å². The highest BCUT2D eigenvalue weighted by Crippen LogP contribution is 2.32. The molecule has 0 saturated carbocycles. The third-order valence-corrected chi connectivity index (χ3v) is 5.00. The zero-order valence-electron chi connectivity index (χ0n) is 10.9. The number of rotatable bonds is 2. The fraction of sp³-hybridized carbons (Fsp3) is 0.643. The molecule has 0 amide bonds. The van der Waals surface area contributed by atoms with Gasteiger partial charge in [-0.15, -0.1) is 0 Å². The van der Waals surface area contributed by atoms with E-state index >= 15 is 0 Å². The maximum Gasteiger partial charge on any atom is 0.142 e. The zero-order chi connectivity index (χ0) is 13.2. The fourth-order valence-corrected chi connectivity index (χ4v) is 4.17. The molecule has 3 nitrogen and oxygen atoms in total. The van der Waals surface area contributed by atoms with Crippen LogP contribution in [0.5, 0.6) is 0 Å². The topological polar surface area (TPSA) is 28.2 Å². The summed E-state index contributed by atoms with van der Waals surface area (Å²) in [5.41, 5.74) is 0. The molecule has 2 saturated heterocycles. The Morgan fingerprint density at radius 2 is 2.26 bits per heavy atom. The van der Waals surface area contributed by atoms with Crippen LogP contribution in [-0.2, 0) is 0 Å². The standard InChI is InChI=1S/C14H19BrClN3/c15-12-7-11(16)8-18-14(12)19-6-2-3-10(9-19)13-4-1-5-17-13/h7-8,10,13,17H,1-6,9H2. The molecule has 2 unspecified atom stereocenters.